The fourth-order valence-electron chi connectivity index (χ4n) is 3.91. The lowest BCUT2D eigenvalue weighted by Crippen LogP contribution is -2.42. The second-order valence-electron chi connectivity index (χ2n) is 8.19. The zero-order valence-electron chi connectivity index (χ0n) is 19.3. The van der Waals surface area contributed by atoms with Crippen molar-refractivity contribution < 1.29 is 27.9 Å². The summed E-state index contributed by atoms with van der Waals surface area (Å²) in [5.74, 6) is -1.96. The summed E-state index contributed by atoms with van der Waals surface area (Å²) >= 11 is 6.12. The minimum absolute atomic E-state index is 0.0331. The second-order valence-corrected chi connectivity index (χ2v) is 8.60. The third kappa shape index (κ3) is 5.60. The van der Waals surface area contributed by atoms with Crippen molar-refractivity contribution in [2.75, 3.05) is 0 Å². The fraction of sp³-hybridized carbons (Fsp3) is 0.240. The number of pyridine rings is 1. The van der Waals surface area contributed by atoms with Crippen LogP contribution in [-0.2, 0) is 31.0 Å². The van der Waals surface area contributed by atoms with E-state index in [9.17, 15) is 32.7 Å². The highest BCUT2D eigenvalue weighted by Gasteiger charge is 2.34. The SMILES string of the molecule is Cc1cc(C(F)(F)F)n(C)c(=O)c1-c1ccc(CC(NC(=O)c2c(Cl)cccc2CN)C(=O)O)cc1. The highest BCUT2D eigenvalue weighted by Crippen LogP contribution is 2.31. The van der Waals surface area contributed by atoms with Crippen molar-refractivity contribution in [2.45, 2.75) is 32.1 Å². The molecule has 0 saturated carbocycles. The number of carboxylic acid groups (broad SMARTS) is 1. The van der Waals surface area contributed by atoms with Gasteiger partial charge in [0.2, 0.25) is 0 Å². The number of carbonyl (C=O) groups is 2. The van der Waals surface area contributed by atoms with E-state index in [-0.39, 0.29) is 34.7 Å². The molecule has 3 aromatic rings. The predicted octanol–water partition coefficient (Wildman–Crippen LogP) is 3.92. The molecule has 1 atom stereocenters. The van der Waals surface area contributed by atoms with Crippen LogP contribution in [0.25, 0.3) is 11.1 Å². The van der Waals surface area contributed by atoms with Gasteiger partial charge in [0, 0.05) is 20.0 Å². The number of hydrogen-bond donors (Lipinski definition) is 3. The molecule has 0 fully saturated rings. The number of nitrogens with zero attached hydrogens (tertiary/aromatic N) is 1. The second kappa shape index (κ2) is 10.5. The maximum Gasteiger partial charge on any atom is 0.431 e. The van der Waals surface area contributed by atoms with Crippen molar-refractivity contribution in [3.05, 3.63) is 91.9 Å². The van der Waals surface area contributed by atoms with Crippen LogP contribution in [-0.4, -0.2) is 27.6 Å². The highest BCUT2D eigenvalue weighted by atomic mass is 35.5. The summed E-state index contributed by atoms with van der Waals surface area (Å²) in [4.78, 5) is 37.3. The topological polar surface area (TPSA) is 114 Å². The predicted molar refractivity (Wildman–Crippen MR) is 129 cm³/mol. The first-order valence-electron chi connectivity index (χ1n) is 10.7. The Morgan fingerprint density at radius 3 is 2.36 bits per heavy atom. The van der Waals surface area contributed by atoms with Gasteiger partial charge in [0.05, 0.1) is 16.1 Å². The summed E-state index contributed by atoms with van der Waals surface area (Å²) in [5.41, 5.74) is 5.52. The quantitative estimate of drug-likeness (QED) is 0.436. The van der Waals surface area contributed by atoms with Crippen molar-refractivity contribution in [1.29, 1.82) is 0 Å². The molecular weight excluding hydrogens is 499 g/mol. The van der Waals surface area contributed by atoms with E-state index in [0.717, 1.165) is 13.1 Å². The molecule has 3 rings (SSSR count). The first-order valence-corrected chi connectivity index (χ1v) is 11.1. The van der Waals surface area contributed by atoms with E-state index in [2.05, 4.69) is 5.32 Å². The zero-order chi connectivity index (χ0) is 26.8. The highest BCUT2D eigenvalue weighted by molar-refractivity contribution is 6.34. The molecule has 4 N–H and O–H groups in total. The molecule has 1 aromatic heterocycles. The number of carboxylic acids is 1. The molecule has 0 radical (unpaired) electrons. The van der Waals surface area contributed by atoms with Crippen molar-refractivity contribution in [2.24, 2.45) is 12.8 Å². The number of amides is 1. The number of benzene rings is 2. The van der Waals surface area contributed by atoms with E-state index < -0.39 is 35.3 Å². The number of aryl methyl sites for hydroxylation is 1. The maximum absolute atomic E-state index is 13.2. The first kappa shape index (κ1) is 27.0. The number of halogens is 4. The molecule has 190 valence electrons. The molecule has 0 aliphatic rings. The molecule has 1 unspecified atom stereocenters. The van der Waals surface area contributed by atoms with Crippen LogP contribution < -0.4 is 16.6 Å². The Kier molecular flexibility index (Phi) is 7.90. The van der Waals surface area contributed by atoms with Crippen molar-refractivity contribution in [3.63, 3.8) is 0 Å². The number of alkyl halides is 3. The van der Waals surface area contributed by atoms with E-state index >= 15 is 0 Å². The molecule has 0 bridgehead atoms. The number of aliphatic carboxylic acids is 1. The Balaban J connectivity index is 1.86. The van der Waals surface area contributed by atoms with Crippen LogP contribution in [0.1, 0.15) is 32.7 Å². The molecule has 0 aliphatic heterocycles. The lowest BCUT2D eigenvalue weighted by Gasteiger charge is -2.17. The van der Waals surface area contributed by atoms with Gasteiger partial charge in [-0.3, -0.25) is 9.59 Å². The average molecular weight is 522 g/mol. The van der Waals surface area contributed by atoms with Crippen molar-refractivity contribution in [3.8, 4) is 11.1 Å². The zero-order valence-corrected chi connectivity index (χ0v) is 20.1. The van der Waals surface area contributed by atoms with E-state index in [0.29, 0.717) is 21.3 Å². The summed E-state index contributed by atoms with van der Waals surface area (Å²) in [5, 5.41) is 12.2. The molecular formula is C25H23ClF3N3O4. The Hall–Kier alpha value is -3.63. The number of hydrogen-bond acceptors (Lipinski definition) is 4. The molecule has 11 heteroatoms. The average Bonchev–Trinajstić information content (AvgIpc) is 2.80. The summed E-state index contributed by atoms with van der Waals surface area (Å²) in [7, 11) is 1.05. The van der Waals surface area contributed by atoms with E-state index in [1.54, 1.807) is 24.3 Å². The molecule has 0 aliphatic carbocycles. The summed E-state index contributed by atoms with van der Waals surface area (Å²) in [6.45, 7) is 1.45. The minimum atomic E-state index is -4.67. The summed E-state index contributed by atoms with van der Waals surface area (Å²) < 4.78 is 40.1. The lowest BCUT2D eigenvalue weighted by atomic mass is 9.98. The monoisotopic (exact) mass is 521 g/mol. The fourth-order valence-corrected chi connectivity index (χ4v) is 4.19. The van der Waals surface area contributed by atoms with Gasteiger partial charge >= 0.3 is 12.1 Å². The maximum atomic E-state index is 13.2. The molecule has 1 heterocycles. The van der Waals surface area contributed by atoms with Gasteiger partial charge in [0.1, 0.15) is 11.7 Å². The normalized spacial score (nSPS) is 12.3. The number of nitrogens with two attached hydrogens (primary N) is 1. The number of rotatable bonds is 7. The Labute approximate surface area is 209 Å². The molecule has 1 amide bonds. The van der Waals surface area contributed by atoms with Gasteiger partial charge in [0.25, 0.3) is 11.5 Å². The Bertz CT molecular complexity index is 1370. The number of carbonyl (C=O) groups excluding carboxylic acids is 1. The van der Waals surface area contributed by atoms with Crippen molar-refractivity contribution in [1.82, 2.24) is 9.88 Å². The van der Waals surface area contributed by atoms with Crippen LogP contribution in [0.2, 0.25) is 5.02 Å². The van der Waals surface area contributed by atoms with Crippen LogP contribution in [0.4, 0.5) is 13.2 Å². The van der Waals surface area contributed by atoms with Crippen LogP contribution in [0, 0.1) is 6.92 Å². The number of nitrogens with one attached hydrogen (secondary N) is 1. The van der Waals surface area contributed by atoms with Crippen LogP contribution in [0.3, 0.4) is 0 Å². The molecule has 7 nitrogen and oxygen atoms in total. The minimum Gasteiger partial charge on any atom is -0.480 e. The van der Waals surface area contributed by atoms with Gasteiger partial charge < -0.3 is 20.7 Å². The molecule has 2 aromatic carbocycles. The summed E-state index contributed by atoms with van der Waals surface area (Å²) in [6.07, 6.45) is -4.76. The molecule has 0 saturated heterocycles. The van der Waals surface area contributed by atoms with E-state index in [4.69, 9.17) is 17.3 Å². The van der Waals surface area contributed by atoms with Gasteiger partial charge in [-0.15, -0.1) is 0 Å². The van der Waals surface area contributed by atoms with Gasteiger partial charge in [-0.2, -0.15) is 13.2 Å². The van der Waals surface area contributed by atoms with Gasteiger partial charge in [-0.05, 0) is 41.3 Å². The summed E-state index contributed by atoms with van der Waals surface area (Å²) in [6, 6.07) is 10.5. The van der Waals surface area contributed by atoms with E-state index in [1.165, 1.54) is 25.1 Å². The third-order valence-electron chi connectivity index (χ3n) is 5.75. The standard InChI is InChI=1S/C25H23ClF3N3O4/c1-13-10-19(25(27,28)29)32(2)23(34)20(13)15-8-6-14(7-9-15)11-18(24(35)36)31-22(33)21-16(12-30)4-3-5-17(21)26/h3-10,18H,11-12,30H2,1-2H3,(H,31,33)(H,35,36). The lowest BCUT2D eigenvalue weighted by molar-refractivity contribution is -0.143. The van der Waals surface area contributed by atoms with Gasteiger partial charge in [0.15, 0.2) is 0 Å². The Morgan fingerprint density at radius 2 is 1.81 bits per heavy atom. The molecule has 36 heavy (non-hydrogen) atoms. The van der Waals surface area contributed by atoms with Crippen molar-refractivity contribution >= 4 is 23.5 Å². The Morgan fingerprint density at radius 1 is 1.17 bits per heavy atom. The largest absolute Gasteiger partial charge is 0.480 e. The third-order valence-corrected chi connectivity index (χ3v) is 6.07. The van der Waals surface area contributed by atoms with Gasteiger partial charge in [-0.25, -0.2) is 4.79 Å². The number of aromatic nitrogens is 1. The van der Waals surface area contributed by atoms with E-state index in [1.807, 2.05) is 0 Å². The van der Waals surface area contributed by atoms with Gasteiger partial charge in [-0.1, -0.05) is 48.0 Å². The first-order chi connectivity index (χ1) is 16.8. The van der Waals surface area contributed by atoms with Crippen LogP contribution in [0.5, 0.6) is 0 Å². The van der Waals surface area contributed by atoms with Crippen LogP contribution >= 0.6 is 11.6 Å². The van der Waals surface area contributed by atoms with Crippen LogP contribution in [0.15, 0.2) is 53.3 Å². The smallest absolute Gasteiger partial charge is 0.431 e. The molecule has 0 spiro atoms.